The number of nitrogens with zero attached hydrogens (tertiary/aromatic N) is 4. The monoisotopic (exact) mass is 503 g/mol. The van der Waals surface area contributed by atoms with E-state index >= 15 is 0 Å². The molecule has 9 heteroatoms. The van der Waals surface area contributed by atoms with Crippen LogP contribution in [-0.2, 0) is 0 Å². The first-order chi connectivity index (χ1) is 17.1. The predicted molar refractivity (Wildman–Crippen MR) is 139 cm³/mol. The average Bonchev–Trinajstić information content (AvgIpc) is 2.92. The lowest BCUT2D eigenvalue weighted by Gasteiger charge is -2.34. The number of halogens is 1. The van der Waals surface area contributed by atoms with E-state index in [9.17, 15) is 9.59 Å². The number of hydrogen-bond donors (Lipinski definition) is 1. The molecule has 4 aromatic rings. The number of pyridine rings is 2. The second kappa shape index (κ2) is 10.3. The van der Waals surface area contributed by atoms with E-state index in [0.717, 1.165) is 15.8 Å². The maximum absolute atomic E-state index is 13.1. The largest absolute Gasteiger partial charge is 0.335 e. The normalized spacial score (nSPS) is 13.6. The van der Waals surface area contributed by atoms with Gasteiger partial charge in [-0.2, -0.15) is 0 Å². The van der Waals surface area contributed by atoms with Crippen molar-refractivity contribution in [1.29, 1.82) is 0 Å². The van der Waals surface area contributed by atoms with Gasteiger partial charge in [0.15, 0.2) is 0 Å². The quantitative estimate of drug-likeness (QED) is 0.386. The van der Waals surface area contributed by atoms with Crippen LogP contribution in [0.4, 0.5) is 5.69 Å². The number of amides is 2. The van der Waals surface area contributed by atoms with Crippen molar-refractivity contribution in [3.05, 3.63) is 95.4 Å². The summed E-state index contributed by atoms with van der Waals surface area (Å²) < 4.78 is 3.27. The van der Waals surface area contributed by atoms with Crippen molar-refractivity contribution in [2.75, 3.05) is 30.9 Å². The molecule has 1 saturated heterocycles. The van der Waals surface area contributed by atoms with Gasteiger partial charge in [0.2, 0.25) is 0 Å². The Morgan fingerprint density at radius 3 is 2.31 bits per heavy atom. The molecule has 1 aliphatic rings. The van der Waals surface area contributed by atoms with Gasteiger partial charge >= 0.3 is 0 Å². The first-order valence-corrected chi connectivity index (χ1v) is 12.4. The van der Waals surface area contributed by atoms with Gasteiger partial charge in [-0.25, -0.2) is 0 Å². The van der Waals surface area contributed by atoms with Crippen molar-refractivity contribution in [2.24, 2.45) is 0 Å². The standard InChI is InChI=1S/C26H22ClN5O2S/c27-20-17-19(9-10-21(20)30-35-23-8-3-5-18-6-4-12-29-24(18)23)25(33)31-13-15-32(16-14-31)26(34)22-7-1-2-11-28-22/h1-12,17,30H,13-16H2. The van der Waals surface area contributed by atoms with Gasteiger partial charge in [-0.1, -0.05) is 35.9 Å². The van der Waals surface area contributed by atoms with Crippen molar-refractivity contribution in [3.8, 4) is 0 Å². The second-order valence-corrected chi connectivity index (χ2v) is 9.28. The van der Waals surface area contributed by atoms with Gasteiger partial charge in [-0.05, 0) is 54.4 Å². The number of benzene rings is 2. The number of rotatable bonds is 5. The van der Waals surface area contributed by atoms with Crippen LogP contribution in [0.15, 0.2) is 84.0 Å². The molecule has 1 fully saturated rings. The number of nitrogens with one attached hydrogen (secondary N) is 1. The van der Waals surface area contributed by atoms with Gasteiger partial charge in [-0.3, -0.25) is 19.6 Å². The smallest absolute Gasteiger partial charge is 0.272 e. The van der Waals surface area contributed by atoms with Gasteiger partial charge in [0, 0.05) is 49.5 Å². The minimum absolute atomic E-state index is 0.103. The summed E-state index contributed by atoms with van der Waals surface area (Å²) in [5.74, 6) is -0.218. The Morgan fingerprint density at radius 2 is 1.57 bits per heavy atom. The molecule has 1 N–H and O–H groups in total. The predicted octanol–water partition coefficient (Wildman–Crippen LogP) is 5.00. The van der Waals surface area contributed by atoms with Crippen LogP contribution in [0, 0.1) is 0 Å². The fourth-order valence-electron chi connectivity index (χ4n) is 3.95. The summed E-state index contributed by atoms with van der Waals surface area (Å²) in [6, 6.07) is 20.5. The minimum atomic E-state index is -0.116. The van der Waals surface area contributed by atoms with Gasteiger partial charge in [0.1, 0.15) is 5.69 Å². The summed E-state index contributed by atoms with van der Waals surface area (Å²) in [6.45, 7) is 1.84. The van der Waals surface area contributed by atoms with E-state index in [-0.39, 0.29) is 11.8 Å². The highest BCUT2D eigenvalue weighted by Crippen LogP contribution is 2.31. The van der Waals surface area contributed by atoms with Crippen LogP contribution >= 0.6 is 23.5 Å². The van der Waals surface area contributed by atoms with E-state index in [4.69, 9.17) is 11.6 Å². The molecule has 2 amide bonds. The highest BCUT2D eigenvalue weighted by atomic mass is 35.5. The molecule has 0 radical (unpaired) electrons. The summed E-state index contributed by atoms with van der Waals surface area (Å²) in [6.07, 6.45) is 3.38. The van der Waals surface area contributed by atoms with Crippen LogP contribution in [0.1, 0.15) is 20.8 Å². The number of para-hydroxylation sites is 1. The molecular weight excluding hydrogens is 482 g/mol. The van der Waals surface area contributed by atoms with E-state index in [1.165, 1.54) is 11.9 Å². The molecule has 176 valence electrons. The Bertz CT molecular complexity index is 1370. The van der Waals surface area contributed by atoms with E-state index in [1.807, 2.05) is 36.4 Å². The average molecular weight is 504 g/mol. The van der Waals surface area contributed by atoms with Crippen molar-refractivity contribution in [3.63, 3.8) is 0 Å². The van der Waals surface area contributed by atoms with Crippen molar-refractivity contribution < 1.29 is 9.59 Å². The van der Waals surface area contributed by atoms with Crippen molar-refractivity contribution in [1.82, 2.24) is 19.8 Å². The molecule has 0 aliphatic carbocycles. The molecule has 3 heterocycles. The molecule has 2 aromatic heterocycles. The molecule has 5 rings (SSSR count). The SMILES string of the molecule is O=C(c1ccc(NSc2cccc3cccnc23)c(Cl)c1)N1CCN(C(=O)c2ccccn2)CC1. The lowest BCUT2D eigenvalue weighted by molar-refractivity contribution is 0.0532. The third kappa shape index (κ3) is 5.08. The molecule has 0 spiro atoms. The summed E-state index contributed by atoms with van der Waals surface area (Å²) >= 11 is 7.93. The Balaban J connectivity index is 1.21. The first kappa shape index (κ1) is 23.1. The van der Waals surface area contributed by atoms with Crippen molar-refractivity contribution in [2.45, 2.75) is 4.90 Å². The lowest BCUT2D eigenvalue weighted by atomic mass is 10.1. The van der Waals surface area contributed by atoms with Gasteiger partial charge in [0.25, 0.3) is 11.8 Å². The summed E-state index contributed by atoms with van der Waals surface area (Å²) in [5.41, 5.74) is 2.56. The van der Waals surface area contributed by atoms with Crippen LogP contribution in [0.25, 0.3) is 10.9 Å². The topological polar surface area (TPSA) is 78.4 Å². The Hall–Kier alpha value is -3.62. The first-order valence-electron chi connectivity index (χ1n) is 11.2. The zero-order chi connectivity index (χ0) is 24.2. The fraction of sp³-hybridized carbons (Fsp3) is 0.154. The molecule has 2 aromatic carbocycles. The number of piperazine rings is 1. The molecule has 0 unspecified atom stereocenters. The number of fused-ring (bicyclic) bond motifs is 1. The summed E-state index contributed by atoms with van der Waals surface area (Å²) in [7, 11) is 0. The highest BCUT2D eigenvalue weighted by Gasteiger charge is 2.26. The molecule has 0 bridgehead atoms. The van der Waals surface area contributed by atoms with Crippen molar-refractivity contribution >= 4 is 52.0 Å². The van der Waals surface area contributed by atoms with E-state index in [0.29, 0.717) is 48.1 Å². The number of aromatic nitrogens is 2. The van der Waals surface area contributed by atoms with E-state index < -0.39 is 0 Å². The van der Waals surface area contributed by atoms with Crippen LogP contribution in [0.5, 0.6) is 0 Å². The highest BCUT2D eigenvalue weighted by molar-refractivity contribution is 8.00. The summed E-state index contributed by atoms with van der Waals surface area (Å²) in [5, 5.41) is 1.52. The lowest BCUT2D eigenvalue weighted by Crippen LogP contribution is -2.50. The van der Waals surface area contributed by atoms with Crippen LogP contribution < -0.4 is 4.72 Å². The maximum Gasteiger partial charge on any atom is 0.272 e. The molecule has 7 nitrogen and oxygen atoms in total. The number of anilines is 1. The third-order valence-electron chi connectivity index (χ3n) is 5.82. The molecule has 0 saturated carbocycles. The van der Waals surface area contributed by atoms with E-state index in [1.54, 1.807) is 52.5 Å². The third-order valence-corrected chi connectivity index (χ3v) is 7.00. The van der Waals surface area contributed by atoms with Gasteiger partial charge < -0.3 is 14.5 Å². The van der Waals surface area contributed by atoms with Crippen LogP contribution in [0.3, 0.4) is 0 Å². The maximum atomic E-state index is 13.1. The molecule has 0 atom stereocenters. The second-order valence-electron chi connectivity index (χ2n) is 8.03. The zero-order valence-corrected chi connectivity index (χ0v) is 20.3. The number of hydrogen-bond acceptors (Lipinski definition) is 6. The molecular formula is C26H22ClN5O2S. The minimum Gasteiger partial charge on any atom is -0.335 e. The fourth-order valence-corrected chi connectivity index (χ4v) is 5.04. The Morgan fingerprint density at radius 1 is 0.829 bits per heavy atom. The Kier molecular flexibility index (Phi) is 6.83. The Labute approximate surface area is 212 Å². The van der Waals surface area contributed by atoms with Crippen LogP contribution in [-0.4, -0.2) is 57.8 Å². The number of carbonyl (C=O) groups is 2. The number of carbonyl (C=O) groups excluding carboxylic acids is 2. The molecule has 1 aliphatic heterocycles. The zero-order valence-electron chi connectivity index (χ0n) is 18.7. The van der Waals surface area contributed by atoms with Crippen LogP contribution in [0.2, 0.25) is 5.02 Å². The van der Waals surface area contributed by atoms with Gasteiger partial charge in [0.05, 0.1) is 21.1 Å². The summed E-state index contributed by atoms with van der Waals surface area (Å²) in [4.78, 5) is 38.7. The molecule has 35 heavy (non-hydrogen) atoms. The van der Waals surface area contributed by atoms with E-state index in [2.05, 4.69) is 14.7 Å². The van der Waals surface area contributed by atoms with Gasteiger partial charge in [-0.15, -0.1) is 0 Å².